The predicted molar refractivity (Wildman–Crippen MR) is 317 cm³/mol. The molecule has 4 aromatic carbocycles. The minimum absolute atomic E-state index is 0. The number of hydrogen-bond acceptors (Lipinski definition) is 18. The molecule has 8 N–H and O–H groups in total. The molecule has 0 radical (unpaired) electrons. The molecule has 24 heteroatoms. The van der Waals surface area contributed by atoms with Crippen LogP contribution in [0.25, 0.3) is 102 Å². The number of ether oxygens (including phenoxy) is 4. The molecule has 88 heavy (non-hydrogen) atoms. The summed E-state index contributed by atoms with van der Waals surface area (Å²) < 4.78 is 26.1. The summed E-state index contributed by atoms with van der Waals surface area (Å²) >= 11 is 0. The molecule has 23 nitrogen and oxygen atoms in total. The predicted octanol–water partition coefficient (Wildman–Crippen LogP) is 4.52. The Morgan fingerprint density at radius 2 is 0.875 bits per heavy atom. The Labute approximate surface area is 514 Å². The molecule has 0 saturated carbocycles. The summed E-state index contributed by atoms with van der Waals surface area (Å²) in [6.07, 6.45) is -1.14. The van der Waals surface area contributed by atoms with Crippen LogP contribution in [0, 0.1) is 0 Å². The van der Waals surface area contributed by atoms with Gasteiger partial charge in [-0.3, -0.25) is 4.79 Å². The van der Waals surface area contributed by atoms with Gasteiger partial charge in [-0.25, -0.2) is 19.3 Å². The van der Waals surface area contributed by atoms with Crippen molar-refractivity contribution in [3.8, 4) is 55.9 Å². The second kappa shape index (κ2) is 25.6. The van der Waals surface area contributed by atoms with Crippen molar-refractivity contribution in [3.05, 3.63) is 180 Å². The number of aliphatic hydroxyl groups is 7. The van der Waals surface area contributed by atoms with Gasteiger partial charge in [0.2, 0.25) is 5.91 Å². The molecule has 2 saturated heterocycles. The molecule has 9 aromatic rings. The van der Waals surface area contributed by atoms with Crippen LogP contribution in [0.3, 0.4) is 0 Å². The summed E-state index contributed by atoms with van der Waals surface area (Å²) in [5, 5.41) is 91.5. The van der Waals surface area contributed by atoms with Gasteiger partial charge in [-0.2, -0.15) is 0 Å². The number of amides is 1. The number of carbonyl (C=O) groups is 1. The van der Waals surface area contributed by atoms with E-state index in [0.717, 1.165) is 55.5 Å². The molecule has 0 unspecified atom stereocenters. The molecule has 442 valence electrons. The number of nitrogens with zero attached hydrogens (tertiary/aromatic N) is 10. The maximum atomic E-state index is 12.0. The first-order valence-electron chi connectivity index (χ1n) is 28.0. The molecule has 1 amide bonds. The van der Waals surface area contributed by atoms with Crippen molar-refractivity contribution >= 4 is 52.3 Å². The maximum Gasteiger partial charge on any atom is 2.00 e. The Hall–Kier alpha value is -8.59. The molecule has 5 aromatic heterocycles. The monoisotopic (exact) mass is 1240 g/mol. The van der Waals surface area contributed by atoms with Crippen molar-refractivity contribution in [1.82, 2.24) is 55.2 Å². The van der Waals surface area contributed by atoms with E-state index in [4.69, 9.17) is 38.9 Å². The van der Waals surface area contributed by atoms with Crippen LogP contribution < -0.4 is 15.3 Å². The first-order chi connectivity index (χ1) is 42.4. The van der Waals surface area contributed by atoms with Crippen molar-refractivity contribution in [3.63, 3.8) is 0 Å². The summed E-state index contributed by atoms with van der Waals surface area (Å²) in [4.78, 5) is 33.6. The van der Waals surface area contributed by atoms with Crippen LogP contribution in [0.2, 0.25) is 0 Å². The summed E-state index contributed by atoms with van der Waals surface area (Å²) in [6.45, 7) is -0.219. The zero-order valence-electron chi connectivity index (χ0n) is 47.1. The molecule has 4 aliphatic rings. The van der Waals surface area contributed by atoms with Crippen molar-refractivity contribution in [1.29, 1.82) is 0 Å². The Balaban J connectivity index is 0.00000754. The molecule has 10 atom stereocenters. The SMILES string of the molecule is CC(=O)N[C@H]1[C@H](OCc2cn(-c3ccc(-c4c5nc(c(-c6ccccc6)c6ccc([n-]6)c(-c6ccccc6)c6nc(c(-c7ccc(-n8cc(CO[C@H]9O[C@H](CO)[C@@H](O)[C@H](O)[C@@H]9O)nn8)cc7)c7ccc4[n-]7)C=C6)C=C5)cc3)nn2)O[C@H](CO)[C@@H](O)[C@@H]1O.[Zn+2]. The third-order valence-electron chi connectivity index (χ3n) is 15.5. The number of benzene rings is 4. The molecule has 13 rings (SSSR count). The smallest absolute Gasteiger partial charge is 0.657 e. The van der Waals surface area contributed by atoms with E-state index in [9.17, 15) is 40.5 Å². The normalized spacial score (nSPS) is 22.4. The quantitative estimate of drug-likeness (QED) is 0.0654. The van der Waals surface area contributed by atoms with E-state index < -0.39 is 80.5 Å². The average Bonchev–Trinajstić information content (AvgIpc) is 4.22. The van der Waals surface area contributed by atoms with Crippen LogP contribution in [-0.4, -0.2) is 156 Å². The number of carbonyl (C=O) groups excluding carboxylic acids is 1. The first kappa shape index (κ1) is 59.7. The topological polar surface area (TPSA) is 323 Å². The number of rotatable bonds is 15. The van der Waals surface area contributed by atoms with Gasteiger partial charge in [0, 0.05) is 6.92 Å². The molecular formula is C64H57N11O12Zn. The molecular weight excluding hydrogens is 1180 g/mol. The fraction of sp³-hybridized carbons (Fsp3) is 0.234. The standard InChI is InChI=1S/C64H58N11O12.Zn/c1-34(78)65-57-60(81)58(79)51(30-76)86-63(57)84-32-39-28-74(72-70-39)41-16-12-37(13-17-41)55-47-24-22-45(67-47)53(35-8-4-2-5-9-35)43-20-21-44(66-43)54(36-10-6-3-7-11-36)46-23-25-48(68-46)56(50-27-26-49(55)69-50)38-14-18-42(19-15-38)75-29-40(71-73-75)33-85-64-62(83)61(82)59(80)52(31-77)87-64;/h2-29,51-52,57-64,76-77,79-83H,30-33H2,1H3,(H2-,65,66,67,68,69,70,71,72,73,78);/q-1;+2/p-1/t51-,52-,57-,58-,59-,60-,61+,62+,63-,64+;/m1./s1. The molecule has 2 fully saturated rings. The molecule has 8 bridgehead atoms. The first-order valence-corrected chi connectivity index (χ1v) is 28.0. The number of aromatic nitrogens is 10. The molecule has 9 heterocycles. The van der Waals surface area contributed by atoms with E-state index in [-0.39, 0.29) is 32.7 Å². The number of fused-ring (bicyclic) bond motifs is 8. The van der Waals surface area contributed by atoms with Crippen LogP contribution in [0.15, 0.2) is 146 Å². The Kier molecular flexibility index (Phi) is 17.4. The van der Waals surface area contributed by atoms with Crippen LogP contribution in [-0.2, 0) is 56.4 Å². The third-order valence-corrected chi connectivity index (χ3v) is 15.5. The van der Waals surface area contributed by atoms with E-state index in [1.165, 1.54) is 6.92 Å². The van der Waals surface area contributed by atoms with E-state index in [1.807, 2.05) is 158 Å². The van der Waals surface area contributed by atoms with Crippen molar-refractivity contribution in [2.45, 2.75) is 81.5 Å². The van der Waals surface area contributed by atoms with Crippen molar-refractivity contribution in [2.24, 2.45) is 0 Å². The Morgan fingerprint density at radius 1 is 0.500 bits per heavy atom. The second-order valence-electron chi connectivity index (χ2n) is 21.2. The van der Waals surface area contributed by atoms with Gasteiger partial charge in [0.15, 0.2) is 12.6 Å². The van der Waals surface area contributed by atoms with Gasteiger partial charge >= 0.3 is 19.5 Å². The van der Waals surface area contributed by atoms with Crippen molar-refractivity contribution in [2.75, 3.05) is 13.2 Å². The third kappa shape index (κ3) is 11.8. The van der Waals surface area contributed by atoms with E-state index in [0.29, 0.717) is 56.6 Å². The molecule has 0 aliphatic carbocycles. The maximum absolute atomic E-state index is 12.0. The minimum Gasteiger partial charge on any atom is -0.657 e. The van der Waals surface area contributed by atoms with Crippen molar-refractivity contribution < 1.29 is 79.0 Å². The number of aliphatic hydroxyl groups excluding tert-OH is 7. The van der Waals surface area contributed by atoms with E-state index >= 15 is 0 Å². The molecule has 0 spiro atoms. The minimum atomic E-state index is -1.59. The number of nitrogens with one attached hydrogen (secondary N) is 1. The van der Waals surface area contributed by atoms with Gasteiger partial charge in [-0.15, -0.1) is 32.3 Å². The van der Waals surface area contributed by atoms with Gasteiger partial charge in [-0.1, -0.05) is 120 Å². The Bertz CT molecular complexity index is 4210. The largest absolute Gasteiger partial charge is 2.00 e. The van der Waals surface area contributed by atoms with Gasteiger partial charge in [-0.05, 0) is 93.1 Å². The molecule has 4 aliphatic heterocycles. The average molecular weight is 1240 g/mol. The van der Waals surface area contributed by atoms with E-state index in [2.05, 4.69) is 25.9 Å². The zero-order valence-corrected chi connectivity index (χ0v) is 50.1. The van der Waals surface area contributed by atoms with Gasteiger partial charge in [0.05, 0.1) is 73.0 Å². The summed E-state index contributed by atoms with van der Waals surface area (Å²) in [6, 6.07) is 42.4. The fourth-order valence-corrected chi connectivity index (χ4v) is 11.2. The van der Waals surface area contributed by atoms with Crippen LogP contribution in [0.4, 0.5) is 0 Å². The Morgan fingerprint density at radius 3 is 1.27 bits per heavy atom. The zero-order chi connectivity index (χ0) is 59.9. The van der Waals surface area contributed by atoms with E-state index in [1.54, 1.807) is 21.8 Å². The summed E-state index contributed by atoms with van der Waals surface area (Å²) in [5.74, 6) is -0.475. The summed E-state index contributed by atoms with van der Waals surface area (Å²) in [7, 11) is 0. The summed E-state index contributed by atoms with van der Waals surface area (Å²) in [5.41, 5.74) is 14.1. The second-order valence-corrected chi connectivity index (χ2v) is 21.2. The van der Waals surface area contributed by atoms with Crippen LogP contribution >= 0.6 is 0 Å². The fourth-order valence-electron chi connectivity index (χ4n) is 11.2. The number of hydrogen-bond donors (Lipinski definition) is 8. The van der Waals surface area contributed by atoms with Gasteiger partial charge < -0.3 is 70.0 Å². The van der Waals surface area contributed by atoms with Gasteiger partial charge in [0.1, 0.15) is 60.2 Å². The van der Waals surface area contributed by atoms with Gasteiger partial charge in [0.25, 0.3) is 0 Å². The van der Waals surface area contributed by atoms with Crippen LogP contribution in [0.5, 0.6) is 0 Å². The van der Waals surface area contributed by atoms with Crippen LogP contribution in [0.1, 0.15) is 41.1 Å².